The van der Waals surface area contributed by atoms with Gasteiger partial charge < -0.3 is 9.88 Å². The van der Waals surface area contributed by atoms with E-state index < -0.39 is 10.2 Å². The van der Waals surface area contributed by atoms with Crippen LogP contribution in [0.4, 0.5) is 5.69 Å². The average molecular weight is 462 g/mol. The minimum atomic E-state index is -3.52. The first-order valence-corrected chi connectivity index (χ1v) is 13.6. The standard InChI is InChI=1S/C22H33N5O2S.C2H6/c1-2-25-30(28,29)26-14-19-9-5-6-10-22(19)27(15-20-13-23-17-24-20)21(16-26)12-11-18-7-3-4-8-18;1-2/h5-6,9-10,13,17-18,21,25H,2-4,7-8,11-12,14-16H2,1H3,(H,23,24);1-2H3. The van der Waals surface area contributed by atoms with Gasteiger partial charge in [0.05, 0.1) is 18.6 Å². The molecule has 1 saturated carbocycles. The average Bonchev–Trinajstić information content (AvgIpc) is 3.48. The number of fused-ring (bicyclic) bond motifs is 1. The van der Waals surface area contributed by atoms with Crippen molar-refractivity contribution >= 4 is 15.9 Å². The maximum Gasteiger partial charge on any atom is 0.279 e. The molecule has 0 spiro atoms. The van der Waals surface area contributed by atoms with Crippen LogP contribution in [0.2, 0.25) is 0 Å². The molecule has 2 heterocycles. The Bertz CT molecular complexity index is 910. The van der Waals surface area contributed by atoms with Gasteiger partial charge in [-0.3, -0.25) is 0 Å². The van der Waals surface area contributed by atoms with Gasteiger partial charge in [0.1, 0.15) is 0 Å². The van der Waals surface area contributed by atoms with E-state index in [-0.39, 0.29) is 6.04 Å². The van der Waals surface area contributed by atoms with Crippen LogP contribution in [0.1, 0.15) is 70.6 Å². The van der Waals surface area contributed by atoms with Crippen LogP contribution in [0.3, 0.4) is 0 Å². The van der Waals surface area contributed by atoms with E-state index in [4.69, 9.17) is 0 Å². The van der Waals surface area contributed by atoms with Crippen molar-refractivity contribution < 1.29 is 8.42 Å². The number of imidazole rings is 1. The number of benzene rings is 1. The lowest BCUT2D eigenvalue weighted by Crippen LogP contribution is -2.47. The van der Waals surface area contributed by atoms with E-state index in [0.717, 1.165) is 35.7 Å². The smallest absolute Gasteiger partial charge is 0.279 e. The first-order chi connectivity index (χ1) is 15.6. The Kier molecular flexibility index (Phi) is 9.13. The third-order valence-corrected chi connectivity index (χ3v) is 8.06. The second-order valence-corrected chi connectivity index (χ2v) is 10.3. The molecule has 0 radical (unpaired) electrons. The minimum absolute atomic E-state index is 0.117. The zero-order valence-corrected chi connectivity index (χ0v) is 20.6. The number of hydrogen-bond acceptors (Lipinski definition) is 4. The molecule has 1 aromatic carbocycles. The summed E-state index contributed by atoms with van der Waals surface area (Å²) in [5.41, 5.74) is 3.21. The molecule has 2 aromatic rings. The highest BCUT2D eigenvalue weighted by Crippen LogP contribution is 2.34. The summed E-state index contributed by atoms with van der Waals surface area (Å²) in [6, 6.07) is 8.32. The Morgan fingerprint density at radius 3 is 2.59 bits per heavy atom. The van der Waals surface area contributed by atoms with E-state index in [1.54, 1.807) is 10.6 Å². The largest absolute Gasteiger partial charge is 0.361 e. The number of nitrogens with zero attached hydrogens (tertiary/aromatic N) is 3. The Balaban J connectivity index is 0.00000141. The molecule has 2 N–H and O–H groups in total. The number of aromatic nitrogens is 2. The zero-order valence-electron chi connectivity index (χ0n) is 19.8. The molecule has 1 aromatic heterocycles. The van der Waals surface area contributed by atoms with Gasteiger partial charge in [0, 0.05) is 37.6 Å². The maximum absolute atomic E-state index is 13.0. The lowest BCUT2D eigenvalue weighted by molar-refractivity contribution is 0.347. The maximum atomic E-state index is 13.0. The highest BCUT2D eigenvalue weighted by Gasteiger charge is 2.34. The Morgan fingerprint density at radius 1 is 1.16 bits per heavy atom. The molecular weight excluding hydrogens is 422 g/mol. The highest BCUT2D eigenvalue weighted by atomic mass is 32.2. The van der Waals surface area contributed by atoms with Crippen LogP contribution < -0.4 is 9.62 Å². The molecule has 1 aliphatic carbocycles. The summed E-state index contributed by atoms with van der Waals surface area (Å²) in [5.74, 6) is 0.774. The number of anilines is 1. The molecule has 2 aliphatic rings. The van der Waals surface area contributed by atoms with Crippen molar-refractivity contribution in [3.05, 3.63) is 48.0 Å². The van der Waals surface area contributed by atoms with Crippen molar-refractivity contribution in [2.75, 3.05) is 18.0 Å². The Labute approximate surface area is 193 Å². The van der Waals surface area contributed by atoms with E-state index in [2.05, 4.69) is 25.7 Å². The van der Waals surface area contributed by atoms with Crippen LogP contribution in [-0.4, -0.2) is 41.8 Å². The van der Waals surface area contributed by atoms with Crippen LogP contribution in [-0.2, 0) is 23.3 Å². The summed E-state index contributed by atoms with van der Waals surface area (Å²) < 4.78 is 30.2. The fraction of sp³-hybridized carbons (Fsp3) is 0.625. The summed E-state index contributed by atoms with van der Waals surface area (Å²) in [6.07, 6.45) is 11.0. The summed E-state index contributed by atoms with van der Waals surface area (Å²) in [7, 11) is -3.52. The van der Waals surface area contributed by atoms with Crippen molar-refractivity contribution in [1.29, 1.82) is 0 Å². The number of rotatable bonds is 8. The van der Waals surface area contributed by atoms with Crippen molar-refractivity contribution in [2.24, 2.45) is 5.92 Å². The molecule has 0 saturated heterocycles. The molecule has 1 fully saturated rings. The highest BCUT2D eigenvalue weighted by molar-refractivity contribution is 7.87. The lowest BCUT2D eigenvalue weighted by Gasteiger charge is -2.34. The van der Waals surface area contributed by atoms with Crippen LogP contribution in [0, 0.1) is 5.92 Å². The van der Waals surface area contributed by atoms with Crippen molar-refractivity contribution in [2.45, 2.75) is 78.4 Å². The fourth-order valence-corrected chi connectivity index (χ4v) is 6.13. The Morgan fingerprint density at radius 2 is 1.91 bits per heavy atom. The summed E-state index contributed by atoms with van der Waals surface area (Å²) in [4.78, 5) is 9.79. The second kappa shape index (κ2) is 11.8. The number of nitrogens with one attached hydrogen (secondary N) is 2. The number of para-hydroxylation sites is 1. The quantitative estimate of drug-likeness (QED) is 0.608. The first kappa shape index (κ1) is 24.7. The predicted molar refractivity (Wildman–Crippen MR) is 131 cm³/mol. The van der Waals surface area contributed by atoms with E-state index in [1.807, 2.05) is 45.2 Å². The Hall–Kier alpha value is -1.90. The SMILES string of the molecule is CC.CCNS(=O)(=O)N1Cc2ccccc2N(Cc2cnc[nH]2)C(CCC2CCCC2)C1. The molecule has 4 rings (SSSR count). The van der Waals surface area contributed by atoms with Gasteiger partial charge in [-0.25, -0.2) is 9.71 Å². The molecule has 1 unspecified atom stereocenters. The summed E-state index contributed by atoms with van der Waals surface area (Å²) >= 11 is 0. The molecule has 8 heteroatoms. The van der Waals surface area contributed by atoms with Gasteiger partial charge in [-0.05, 0) is 30.4 Å². The molecule has 178 valence electrons. The van der Waals surface area contributed by atoms with E-state index in [0.29, 0.717) is 26.2 Å². The summed E-state index contributed by atoms with van der Waals surface area (Å²) in [5, 5.41) is 0. The molecular formula is C24H39N5O2S. The van der Waals surface area contributed by atoms with Gasteiger partial charge in [-0.15, -0.1) is 0 Å². The third-order valence-electron chi connectivity index (χ3n) is 6.45. The normalized spacial score (nSPS) is 19.8. The van der Waals surface area contributed by atoms with Gasteiger partial charge >= 0.3 is 0 Å². The number of H-pyrrole nitrogens is 1. The molecule has 1 aliphatic heterocycles. The van der Waals surface area contributed by atoms with Crippen LogP contribution in [0.5, 0.6) is 0 Å². The van der Waals surface area contributed by atoms with Gasteiger partial charge in [-0.2, -0.15) is 12.7 Å². The minimum Gasteiger partial charge on any atom is -0.361 e. The number of hydrogen-bond donors (Lipinski definition) is 2. The van der Waals surface area contributed by atoms with Crippen molar-refractivity contribution in [3.8, 4) is 0 Å². The molecule has 32 heavy (non-hydrogen) atoms. The molecule has 7 nitrogen and oxygen atoms in total. The van der Waals surface area contributed by atoms with Crippen molar-refractivity contribution in [1.82, 2.24) is 19.0 Å². The first-order valence-electron chi connectivity index (χ1n) is 12.1. The molecule has 1 atom stereocenters. The number of aromatic amines is 1. The molecule has 0 bridgehead atoms. The van der Waals surface area contributed by atoms with Gasteiger partial charge in [0.15, 0.2) is 0 Å². The van der Waals surface area contributed by atoms with Gasteiger partial charge in [0.25, 0.3) is 10.2 Å². The predicted octanol–water partition coefficient (Wildman–Crippen LogP) is 4.45. The van der Waals surface area contributed by atoms with Crippen LogP contribution in [0.15, 0.2) is 36.8 Å². The van der Waals surface area contributed by atoms with Gasteiger partial charge in [-0.1, -0.05) is 64.7 Å². The van der Waals surface area contributed by atoms with E-state index in [9.17, 15) is 8.42 Å². The fourth-order valence-electron chi connectivity index (χ4n) is 4.91. The van der Waals surface area contributed by atoms with Gasteiger partial charge in [0.2, 0.25) is 0 Å². The molecule has 0 amide bonds. The van der Waals surface area contributed by atoms with E-state index >= 15 is 0 Å². The topological polar surface area (TPSA) is 81.3 Å². The second-order valence-electron chi connectivity index (χ2n) is 8.51. The van der Waals surface area contributed by atoms with Crippen molar-refractivity contribution in [3.63, 3.8) is 0 Å². The van der Waals surface area contributed by atoms with E-state index in [1.165, 1.54) is 25.7 Å². The summed E-state index contributed by atoms with van der Waals surface area (Å²) in [6.45, 7) is 7.80. The third kappa shape index (κ3) is 6.11. The van der Waals surface area contributed by atoms with Crippen LogP contribution >= 0.6 is 0 Å². The van der Waals surface area contributed by atoms with Crippen LogP contribution in [0.25, 0.3) is 0 Å². The lowest BCUT2D eigenvalue weighted by atomic mass is 9.97. The monoisotopic (exact) mass is 461 g/mol. The zero-order chi connectivity index (χ0) is 23.0.